The van der Waals surface area contributed by atoms with Crippen LogP contribution in [0.4, 0.5) is 0 Å². The number of rotatable bonds is 3. The monoisotopic (exact) mass is 393 g/mol. The second-order valence-corrected chi connectivity index (χ2v) is 7.32. The van der Waals surface area contributed by atoms with Crippen molar-refractivity contribution < 1.29 is 4.52 Å². The first-order valence-corrected chi connectivity index (χ1v) is 9.73. The smallest absolute Gasteiger partial charge is 0.262 e. The number of fused-ring (bicyclic) bond motifs is 1. The molecule has 0 atom stereocenters. The largest absolute Gasteiger partial charge is 0.334 e. The van der Waals surface area contributed by atoms with Gasteiger partial charge in [0.1, 0.15) is 0 Å². The van der Waals surface area contributed by atoms with E-state index >= 15 is 0 Å². The van der Waals surface area contributed by atoms with E-state index in [2.05, 4.69) is 24.0 Å². The van der Waals surface area contributed by atoms with Gasteiger partial charge in [-0.05, 0) is 49.2 Å². The van der Waals surface area contributed by atoms with Crippen molar-refractivity contribution in [3.63, 3.8) is 0 Å². The van der Waals surface area contributed by atoms with Crippen LogP contribution in [0.2, 0.25) is 0 Å². The van der Waals surface area contributed by atoms with Crippen molar-refractivity contribution in [2.24, 2.45) is 0 Å². The zero-order valence-corrected chi connectivity index (χ0v) is 16.7. The van der Waals surface area contributed by atoms with Crippen molar-refractivity contribution in [3.8, 4) is 28.5 Å². The highest BCUT2D eigenvalue weighted by molar-refractivity contribution is 5.94. The fraction of sp³-hybridized carbons (Fsp3) is 0.0800. The summed E-state index contributed by atoms with van der Waals surface area (Å²) in [6.45, 7) is 4.13. The molecule has 146 valence electrons. The summed E-state index contributed by atoms with van der Waals surface area (Å²) in [6.07, 6.45) is 1.78. The van der Waals surface area contributed by atoms with Gasteiger partial charge in [0, 0.05) is 28.2 Å². The quantitative estimate of drug-likeness (QED) is 0.416. The molecule has 0 unspecified atom stereocenters. The maximum Gasteiger partial charge on any atom is 0.262 e. The first-order chi connectivity index (χ1) is 14.6. The molecule has 5 rings (SSSR count). The first kappa shape index (κ1) is 18.1. The van der Waals surface area contributed by atoms with Gasteiger partial charge >= 0.3 is 0 Å². The van der Waals surface area contributed by atoms with Gasteiger partial charge in [0.25, 0.3) is 11.4 Å². The van der Waals surface area contributed by atoms with Crippen molar-refractivity contribution >= 4 is 10.8 Å². The third-order valence-corrected chi connectivity index (χ3v) is 5.38. The second-order valence-electron chi connectivity index (χ2n) is 7.32. The van der Waals surface area contributed by atoms with Crippen molar-refractivity contribution in [2.45, 2.75) is 13.8 Å². The molecule has 30 heavy (non-hydrogen) atoms. The Hall–Kier alpha value is -3.99. The molecule has 0 aliphatic carbocycles. The van der Waals surface area contributed by atoms with Crippen molar-refractivity contribution in [1.82, 2.24) is 14.7 Å². The zero-order valence-electron chi connectivity index (χ0n) is 16.7. The van der Waals surface area contributed by atoms with Crippen LogP contribution >= 0.6 is 0 Å². The van der Waals surface area contributed by atoms with E-state index in [4.69, 9.17) is 4.52 Å². The van der Waals surface area contributed by atoms with E-state index < -0.39 is 0 Å². The van der Waals surface area contributed by atoms with Gasteiger partial charge in [-0.15, -0.1) is 0 Å². The Morgan fingerprint density at radius 3 is 2.33 bits per heavy atom. The summed E-state index contributed by atoms with van der Waals surface area (Å²) in [5.41, 5.74) is 4.69. The minimum Gasteiger partial charge on any atom is -0.334 e. The number of aryl methyl sites for hydroxylation is 2. The summed E-state index contributed by atoms with van der Waals surface area (Å²) >= 11 is 0. The molecule has 0 aliphatic rings. The molecular formula is C25H19N3O2. The third kappa shape index (κ3) is 3.01. The van der Waals surface area contributed by atoms with Crippen LogP contribution < -0.4 is 5.56 Å². The van der Waals surface area contributed by atoms with E-state index in [1.807, 2.05) is 72.8 Å². The Morgan fingerprint density at radius 1 is 0.833 bits per heavy atom. The summed E-state index contributed by atoms with van der Waals surface area (Å²) in [7, 11) is 0. The number of para-hydroxylation sites is 1. The molecule has 5 nitrogen and oxygen atoms in total. The van der Waals surface area contributed by atoms with Gasteiger partial charge in [-0.2, -0.15) is 4.98 Å². The van der Waals surface area contributed by atoms with Crippen LogP contribution in [0.3, 0.4) is 0 Å². The van der Waals surface area contributed by atoms with E-state index in [9.17, 15) is 4.79 Å². The SMILES string of the molecule is Cc1ccc(-c2noc(-c3cn(-c4ccccc4)c(=O)c4ccccc34)n2)cc1C. The van der Waals surface area contributed by atoms with E-state index in [1.54, 1.807) is 10.8 Å². The summed E-state index contributed by atoms with van der Waals surface area (Å²) < 4.78 is 7.26. The Bertz CT molecular complexity index is 1430. The van der Waals surface area contributed by atoms with Crippen LogP contribution in [0.15, 0.2) is 88.3 Å². The van der Waals surface area contributed by atoms with Crippen LogP contribution in [0.1, 0.15) is 11.1 Å². The van der Waals surface area contributed by atoms with Gasteiger partial charge in [-0.25, -0.2) is 0 Å². The fourth-order valence-electron chi connectivity index (χ4n) is 3.57. The standard InChI is InChI=1S/C25H19N3O2/c1-16-12-13-18(14-17(16)2)23-26-24(30-27-23)22-15-28(19-8-4-3-5-9-19)25(29)21-11-7-6-10-20(21)22/h3-15H,1-2H3. The molecule has 0 aliphatic heterocycles. The van der Waals surface area contributed by atoms with Crippen molar-refractivity contribution in [3.05, 3.63) is 100 Å². The van der Waals surface area contributed by atoms with Crippen molar-refractivity contribution in [2.75, 3.05) is 0 Å². The molecule has 3 aromatic carbocycles. The molecule has 0 radical (unpaired) electrons. The molecule has 0 saturated carbocycles. The van der Waals surface area contributed by atoms with Crippen LogP contribution in [0, 0.1) is 13.8 Å². The molecule has 5 heteroatoms. The molecule has 0 bridgehead atoms. The molecule has 2 aromatic heterocycles. The van der Waals surface area contributed by atoms with Gasteiger partial charge < -0.3 is 4.52 Å². The molecule has 0 fully saturated rings. The van der Waals surface area contributed by atoms with E-state index in [0.717, 1.165) is 22.2 Å². The zero-order chi connectivity index (χ0) is 20.7. The first-order valence-electron chi connectivity index (χ1n) is 9.73. The predicted octanol–water partition coefficient (Wildman–Crippen LogP) is 5.32. The second kappa shape index (κ2) is 7.12. The number of hydrogen-bond donors (Lipinski definition) is 0. The van der Waals surface area contributed by atoms with Crippen LogP contribution in [-0.4, -0.2) is 14.7 Å². The Labute approximate surface area is 173 Å². The maximum atomic E-state index is 13.1. The van der Waals surface area contributed by atoms with Gasteiger partial charge in [0.05, 0.1) is 5.56 Å². The normalized spacial score (nSPS) is 11.1. The van der Waals surface area contributed by atoms with Gasteiger partial charge in [0.2, 0.25) is 5.82 Å². The summed E-state index contributed by atoms with van der Waals surface area (Å²) in [4.78, 5) is 17.7. The molecule has 0 amide bonds. The lowest BCUT2D eigenvalue weighted by atomic mass is 10.1. The highest BCUT2D eigenvalue weighted by Gasteiger charge is 2.17. The van der Waals surface area contributed by atoms with Gasteiger partial charge in [0.15, 0.2) is 0 Å². The molecular weight excluding hydrogens is 374 g/mol. The molecule has 0 N–H and O–H groups in total. The Kier molecular flexibility index (Phi) is 4.29. The molecule has 2 heterocycles. The minimum absolute atomic E-state index is 0.0885. The maximum absolute atomic E-state index is 13.1. The average Bonchev–Trinajstić information content (AvgIpc) is 3.27. The van der Waals surface area contributed by atoms with Gasteiger partial charge in [-0.1, -0.05) is 53.7 Å². The van der Waals surface area contributed by atoms with E-state index in [1.165, 1.54) is 11.1 Å². The number of aromatic nitrogens is 3. The van der Waals surface area contributed by atoms with Crippen molar-refractivity contribution in [1.29, 1.82) is 0 Å². The lowest BCUT2D eigenvalue weighted by Gasteiger charge is -2.10. The lowest BCUT2D eigenvalue weighted by molar-refractivity contribution is 0.432. The highest BCUT2D eigenvalue weighted by Crippen LogP contribution is 2.29. The predicted molar refractivity (Wildman–Crippen MR) is 118 cm³/mol. The molecule has 0 saturated heterocycles. The Balaban J connectivity index is 1.71. The number of nitrogens with zero attached hydrogens (tertiary/aromatic N) is 3. The number of benzene rings is 3. The minimum atomic E-state index is -0.0885. The topological polar surface area (TPSA) is 60.9 Å². The third-order valence-electron chi connectivity index (χ3n) is 5.38. The summed E-state index contributed by atoms with van der Waals surface area (Å²) in [5.74, 6) is 0.902. The molecule has 0 spiro atoms. The lowest BCUT2D eigenvalue weighted by Crippen LogP contribution is -2.18. The van der Waals surface area contributed by atoms with Crippen LogP contribution in [0.25, 0.3) is 39.3 Å². The number of hydrogen-bond acceptors (Lipinski definition) is 4. The van der Waals surface area contributed by atoms with Gasteiger partial charge in [-0.3, -0.25) is 9.36 Å². The van der Waals surface area contributed by atoms with E-state index in [0.29, 0.717) is 17.1 Å². The summed E-state index contributed by atoms with van der Waals surface area (Å²) in [5, 5.41) is 5.58. The van der Waals surface area contributed by atoms with Crippen LogP contribution in [0.5, 0.6) is 0 Å². The Morgan fingerprint density at radius 2 is 1.57 bits per heavy atom. The molecule has 5 aromatic rings. The fourth-order valence-corrected chi connectivity index (χ4v) is 3.57. The van der Waals surface area contributed by atoms with Crippen LogP contribution in [-0.2, 0) is 0 Å². The average molecular weight is 393 g/mol. The summed E-state index contributed by atoms with van der Waals surface area (Å²) in [6, 6.07) is 23.1. The van der Waals surface area contributed by atoms with E-state index in [-0.39, 0.29) is 5.56 Å². The number of pyridine rings is 1. The highest BCUT2D eigenvalue weighted by atomic mass is 16.5.